The van der Waals surface area contributed by atoms with Crippen molar-refractivity contribution in [3.63, 3.8) is 0 Å². The molecular formula is C9H12N4. The van der Waals surface area contributed by atoms with Gasteiger partial charge in [-0.1, -0.05) is 13.8 Å². The Bertz CT molecular complexity index is 338. The number of nitrogen functional groups attached to an aromatic ring is 1. The normalized spacial score (nSPS) is 10.0. The molecule has 0 aliphatic rings. The molecule has 1 heterocycles. The summed E-state index contributed by atoms with van der Waals surface area (Å²) in [5, 5.41) is 8.75. The van der Waals surface area contributed by atoms with E-state index in [1.54, 1.807) is 0 Å². The van der Waals surface area contributed by atoms with Crippen LogP contribution in [0.4, 0.5) is 5.95 Å². The predicted octanol–water partition coefficient (Wildman–Crippen LogP) is 1.13. The van der Waals surface area contributed by atoms with Crippen LogP contribution in [0.1, 0.15) is 25.1 Å². The minimum absolute atomic E-state index is 0.231. The fraction of sp³-hybridized carbons (Fsp3) is 0.444. The number of nitrogens with zero attached hydrogens (tertiary/aromatic N) is 3. The molecule has 0 fully saturated rings. The molecule has 0 atom stereocenters. The van der Waals surface area contributed by atoms with E-state index in [0.29, 0.717) is 11.5 Å². The lowest BCUT2D eigenvalue weighted by atomic mass is 10.1. The molecule has 0 aliphatic heterocycles. The van der Waals surface area contributed by atoms with Crippen LogP contribution in [0.25, 0.3) is 0 Å². The molecule has 1 aromatic rings. The van der Waals surface area contributed by atoms with Gasteiger partial charge in [0.2, 0.25) is 5.95 Å². The average Bonchev–Trinajstić information content (AvgIpc) is 2.03. The number of aromatic nitrogens is 2. The van der Waals surface area contributed by atoms with Crippen molar-refractivity contribution in [1.82, 2.24) is 9.97 Å². The van der Waals surface area contributed by atoms with Gasteiger partial charge < -0.3 is 5.73 Å². The van der Waals surface area contributed by atoms with Crippen molar-refractivity contribution < 1.29 is 0 Å². The van der Waals surface area contributed by atoms with Crippen LogP contribution < -0.4 is 5.73 Å². The van der Waals surface area contributed by atoms with E-state index in [1.165, 1.54) is 6.20 Å². The van der Waals surface area contributed by atoms with E-state index in [4.69, 9.17) is 11.0 Å². The molecule has 0 spiro atoms. The molecule has 1 rings (SSSR count). The maximum atomic E-state index is 8.75. The number of nitriles is 1. The zero-order chi connectivity index (χ0) is 9.84. The molecule has 68 valence electrons. The summed E-state index contributed by atoms with van der Waals surface area (Å²) in [4.78, 5) is 7.79. The van der Waals surface area contributed by atoms with E-state index < -0.39 is 0 Å². The smallest absolute Gasteiger partial charge is 0.220 e. The Hall–Kier alpha value is -1.63. The zero-order valence-corrected chi connectivity index (χ0v) is 7.78. The summed E-state index contributed by atoms with van der Waals surface area (Å²) >= 11 is 0. The van der Waals surface area contributed by atoms with Crippen molar-refractivity contribution in [2.75, 3.05) is 5.73 Å². The minimum Gasteiger partial charge on any atom is -0.368 e. The number of anilines is 1. The van der Waals surface area contributed by atoms with Crippen LogP contribution in [0.2, 0.25) is 0 Å². The van der Waals surface area contributed by atoms with Crippen LogP contribution in [0, 0.1) is 17.2 Å². The summed E-state index contributed by atoms with van der Waals surface area (Å²) in [5.74, 6) is 0.691. The van der Waals surface area contributed by atoms with Gasteiger partial charge in [0.25, 0.3) is 0 Å². The second kappa shape index (κ2) is 3.85. The van der Waals surface area contributed by atoms with Gasteiger partial charge >= 0.3 is 0 Å². The Balaban J connectivity index is 3.03. The summed E-state index contributed by atoms with van der Waals surface area (Å²) in [5.41, 5.74) is 6.68. The Morgan fingerprint density at radius 2 is 2.31 bits per heavy atom. The highest BCUT2D eigenvalue weighted by Crippen LogP contribution is 2.10. The summed E-state index contributed by atoms with van der Waals surface area (Å²) in [6, 6.07) is 2.05. The molecule has 2 N–H and O–H groups in total. The van der Waals surface area contributed by atoms with Gasteiger partial charge in [0.05, 0.1) is 17.5 Å². The molecule has 0 aromatic carbocycles. The van der Waals surface area contributed by atoms with E-state index in [9.17, 15) is 0 Å². The van der Waals surface area contributed by atoms with Gasteiger partial charge in [-0.2, -0.15) is 5.26 Å². The Morgan fingerprint density at radius 3 is 2.85 bits per heavy atom. The first-order valence-electron chi connectivity index (χ1n) is 4.15. The Labute approximate surface area is 77.4 Å². The maximum absolute atomic E-state index is 8.75. The molecule has 0 saturated carbocycles. The molecule has 0 amide bonds. The largest absolute Gasteiger partial charge is 0.368 e. The summed E-state index contributed by atoms with van der Waals surface area (Å²) in [6.45, 7) is 4.14. The van der Waals surface area contributed by atoms with Crippen LogP contribution in [-0.4, -0.2) is 9.97 Å². The van der Waals surface area contributed by atoms with Crippen LogP contribution in [0.3, 0.4) is 0 Å². The quantitative estimate of drug-likeness (QED) is 0.732. The van der Waals surface area contributed by atoms with Gasteiger partial charge in [-0.3, -0.25) is 0 Å². The highest BCUT2D eigenvalue weighted by Gasteiger charge is 2.06. The third-order valence-electron chi connectivity index (χ3n) is 1.61. The number of rotatable bonds is 2. The topological polar surface area (TPSA) is 75.6 Å². The van der Waals surface area contributed by atoms with E-state index >= 15 is 0 Å². The average molecular weight is 176 g/mol. The van der Waals surface area contributed by atoms with E-state index in [2.05, 4.69) is 23.8 Å². The van der Waals surface area contributed by atoms with Gasteiger partial charge in [0.15, 0.2) is 0 Å². The standard InChI is InChI=1S/C9H12N4/c1-6(2)3-8-7(4-10)5-12-9(11)13-8/h5-6H,3H2,1-2H3,(H2,11,12,13). The van der Waals surface area contributed by atoms with Crippen LogP contribution in [-0.2, 0) is 6.42 Å². The van der Waals surface area contributed by atoms with Gasteiger partial charge in [0.1, 0.15) is 6.07 Å². The monoisotopic (exact) mass is 176 g/mol. The van der Waals surface area contributed by atoms with Crippen molar-refractivity contribution in [2.45, 2.75) is 20.3 Å². The number of hydrogen-bond donors (Lipinski definition) is 1. The fourth-order valence-electron chi connectivity index (χ4n) is 1.07. The van der Waals surface area contributed by atoms with Gasteiger partial charge in [0, 0.05) is 0 Å². The van der Waals surface area contributed by atoms with E-state index in [-0.39, 0.29) is 5.95 Å². The minimum atomic E-state index is 0.231. The predicted molar refractivity (Wildman–Crippen MR) is 49.7 cm³/mol. The Morgan fingerprint density at radius 1 is 1.62 bits per heavy atom. The van der Waals surface area contributed by atoms with Gasteiger partial charge in [-0.05, 0) is 12.3 Å². The summed E-state index contributed by atoms with van der Waals surface area (Å²) < 4.78 is 0. The van der Waals surface area contributed by atoms with Crippen molar-refractivity contribution in [3.05, 3.63) is 17.5 Å². The third-order valence-corrected chi connectivity index (χ3v) is 1.61. The molecule has 0 saturated heterocycles. The lowest BCUT2D eigenvalue weighted by Crippen LogP contribution is -2.05. The van der Waals surface area contributed by atoms with Crippen molar-refractivity contribution in [2.24, 2.45) is 5.92 Å². The van der Waals surface area contributed by atoms with Crippen molar-refractivity contribution >= 4 is 5.95 Å². The number of hydrogen-bond acceptors (Lipinski definition) is 4. The highest BCUT2D eigenvalue weighted by molar-refractivity contribution is 5.34. The van der Waals surface area contributed by atoms with Crippen LogP contribution in [0.5, 0.6) is 0 Å². The van der Waals surface area contributed by atoms with Gasteiger partial charge in [-0.25, -0.2) is 9.97 Å². The van der Waals surface area contributed by atoms with E-state index in [0.717, 1.165) is 12.1 Å². The first-order valence-corrected chi connectivity index (χ1v) is 4.15. The van der Waals surface area contributed by atoms with E-state index in [1.807, 2.05) is 6.07 Å². The lowest BCUT2D eigenvalue weighted by Gasteiger charge is -2.05. The molecule has 13 heavy (non-hydrogen) atoms. The van der Waals surface area contributed by atoms with Crippen LogP contribution in [0.15, 0.2) is 6.20 Å². The molecule has 4 nitrogen and oxygen atoms in total. The molecule has 4 heteroatoms. The Kier molecular flexibility index (Phi) is 2.80. The number of nitrogens with two attached hydrogens (primary N) is 1. The van der Waals surface area contributed by atoms with Gasteiger partial charge in [-0.15, -0.1) is 0 Å². The molecule has 1 aromatic heterocycles. The summed E-state index contributed by atoms with van der Waals surface area (Å²) in [7, 11) is 0. The lowest BCUT2D eigenvalue weighted by molar-refractivity contribution is 0.633. The molecule has 0 unspecified atom stereocenters. The zero-order valence-electron chi connectivity index (χ0n) is 7.78. The molecule has 0 radical (unpaired) electrons. The van der Waals surface area contributed by atoms with Crippen molar-refractivity contribution in [3.8, 4) is 6.07 Å². The maximum Gasteiger partial charge on any atom is 0.220 e. The molecular weight excluding hydrogens is 164 g/mol. The second-order valence-corrected chi connectivity index (χ2v) is 3.30. The summed E-state index contributed by atoms with van der Waals surface area (Å²) in [6.07, 6.45) is 2.23. The third kappa shape index (κ3) is 2.41. The SMILES string of the molecule is CC(C)Cc1nc(N)ncc1C#N. The highest BCUT2D eigenvalue weighted by atomic mass is 15.0. The first-order chi connectivity index (χ1) is 6.13. The van der Waals surface area contributed by atoms with Crippen LogP contribution >= 0.6 is 0 Å². The first kappa shape index (κ1) is 9.46. The van der Waals surface area contributed by atoms with Crippen molar-refractivity contribution in [1.29, 1.82) is 5.26 Å². The fourth-order valence-corrected chi connectivity index (χ4v) is 1.07. The molecule has 0 aliphatic carbocycles. The second-order valence-electron chi connectivity index (χ2n) is 3.30. The molecule has 0 bridgehead atoms.